The van der Waals surface area contributed by atoms with Crippen molar-refractivity contribution in [2.75, 3.05) is 31.2 Å². The Kier molecular flexibility index (Phi) is 5.87. The number of ether oxygens (including phenoxy) is 1. The highest BCUT2D eigenvalue weighted by molar-refractivity contribution is 9.10. The van der Waals surface area contributed by atoms with Crippen LogP contribution in [-0.4, -0.2) is 36.5 Å². The predicted molar refractivity (Wildman–Crippen MR) is 133 cm³/mol. The predicted octanol–water partition coefficient (Wildman–Crippen LogP) is 5.92. The molecule has 1 aliphatic heterocycles. The zero-order valence-corrected chi connectivity index (χ0v) is 18.8. The van der Waals surface area contributed by atoms with Gasteiger partial charge in [-0.15, -0.1) is 0 Å². The summed E-state index contributed by atoms with van der Waals surface area (Å²) < 4.78 is 6.53. The van der Waals surface area contributed by atoms with Gasteiger partial charge < -0.3 is 9.64 Å². The Morgan fingerprint density at radius 1 is 0.968 bits per heavy atom. The van der Waals surface area contributed by atoms with Gasteiger partial charge in [0.15, 0.2) is 0 Å². The lowest BCUT2D eigenvalue weighted by atomic mass is 10.1. The zero-order valence-electron chi connectivity index (χ0n) is 17.2. The van der Waals surface area contributed by atoms with Crippen molar-refractivity contribution >= 4 is 52.0 Å². The van der Waals surface area contributed by atoms with Crippen LogP contribution in [0.2, 0.25) is 0 Å². The Labute approximate surface area is 191 Å². The minimum atomic E-state index is 0.791. The number of aromatic amines is 1. The fourth-order valence-corrected chi connectivity index (χ4v) is 4.43. The van der Waals surface area contributed by atoms with Crippen LogP contribution in [0.15, 0.2) is 53.0 Å². The van der Waals surface area contributed by atoms with E-state index in [4.69, 9.17) is 4.74 Å². The van der Waals surface area contributed by atoms with Crippen LogP contribution >= 0.6 is 15.9 Å². The monoisotopic (exact) mass is 473 g/mol. The van der Waals surface area contributed by atoms with Gasteiger partial charge in [-0.25, -0.2) is 0 Å². The third-order valence-electron chi connectivity index (χ3n) is 5.67. The van der Waals surface area contributed by atoms with Gasteiger partial charge in [0.2, 0.25) is 0 Å². The lowest BCUT2D eigenvalue weighted by molar-refractivity contribution is 0.122. The summed E-state index contributed by atoms with van der Waals surface area (Å²) in [6.45, 7) is 3.46. The highest BCUT2D eigenvalue weighted by Gasteiger charge is 2.12. The number of fused-ring (bicyclic) bond motifs is 1. The molecule has 0 amide bonds. The maximum absolute atomic E-state index is 5.44. The average Bonchev–Trinajstić information content (AvgIpc) is 3.46. The second-order valence-electron chi connectivity index (χ2n) is 7.78. The summed E-state index contributed by atoms with van der Waals surface area (Å²) in [5, 5.41) is 7.51. The molecule has 1 aromatic heterocycles. The lowest BCUT2D eigenvalue weighted by Crippen LogP contribution is -2.36. The molecule has 3 aromatic rings. The molecule has 0 bridgehead atoms. The number of hydrogen-bond acceptors (Lipinski definition) is 3. The van der Waals surface area contributed by atoms with Gasteiger partial charge in [0.05, 0.1) is 24.6 Å². The Morgan fingerprint density at radius 2 is 1.87 bits per heavy atom. The lowest BCUT2D eigenvalue weighted by Gasteiger charge is -2.29. The van der Waals surface area contributed by atoms with Crippen LogP contribution in [0.5, 0.6) is 0 Å². The van der Waals surface area contributed by atoms with Gasteiger partial charge in [-0.1, -0.05) is 64.5 Å². The summed E-state index contributed by atoms with van der Waals surface area (Å²) in [4.78, 5) is 2.35. The number of allylic oxidation sites excluding steroid dienone is 1. The Balaban J connectivity index is 1.25. The van der Waals surface area contributed by atoms with Crippen LogP contribution < -0.4 is 4.90 Å². The van der Waals surface area contributed by atoms with E-state index in [0.29, 0.717) is 0 Å². The van der Waals surface area contributed by atoms with Crippen molar-refractivity contribution in [3.05, 3.63) is 86.7 Å². The fourth-order valence-electron chi connectivity index (χ4n) is 3.94. The molecule has 0 unspecified atom stereocenters. The van der Waals surface area contributed by atoms with E-state index in [1.54, 1.807) is 0 Å². The second kappa shape index (κ2) is 9.08. The van der Waals surface area contributed by atoms with Gasteiger partial charge >= 0.3 is 0 Å². The highest BCUT2D eigenvalue weighted by Crippen LogP contribution is 2.26. The van der Waals surface area contributed by atoms with Gasteiger partial charge in [0.1, 0.15) is 0 Å². The van der Waals surface area contributed by atoms with Crippen molar-refractivity contribution in [2.45, 2.75) is 6.42 Å². The maximum atomic E-state index is 5.44. The van der Waals surface area contributed by atoms with Crippen molar-refractivity contribution in [1.82, 2.24) is 10.2 Å². The van der Waals surface area contributed by atoms with Gasteiger partial charge in [-0.2, -0.15) is 5.10 Å². The third-order valence-corrected chi connectivity index (χ3v) is 6.36. The van der Waals surface area contributed by atoms with Gasteiger partial charge in [0, 0.05) is 23.2 Å². The van der Waals surface area contributed by atoms with Crippen LogP contribution in [-0.2, 0) is 11.2 Å². The first-order valence-corrected chi connectivity index (χ1v) is 11.4. The van der Waals surface area contributed by atoms with E-state index in [2.05, 4.69) is 104 Å². The summed E-state index contributed by atoms with van der Waals surface area (Å²) in [5.41, 5.74) is 8.17. The Hall–Kier alpha value is -2.89. The topological polar surface area (TPSA) is 41.1 Å². The fraction of sp³-hybridized carbons (Fsp3) is 0.192. The number of halogens is 1. The molecule has 156 valence electrons. The van der Waals surface area contributed by atoms with Crippen molar-refractivity contribution < 1.29 is 4.74 Å². The Bertz CT molecular complexity index is 1170. The highest BCUT2D eigenvalue weighted by atomic mass is 79.9. The number of rotatable bonds is 5. The molecule has 5 rings (SSSR count). The number of anilines is 1. The molecule has 4 nitrogen and oxygen atoms in total. The molecule has 31 heavy (non-hydrogen) atoms. The van der Waals surface area contributed by atoms with E-state index < -0.39 is 0 Å². The number of morpholine rings is 1. The quantitative estimate of drug-likeness (QED) is 0.499. The molecule has 2 aromatic carbocycles. The maximum Gasteiger partial charge on any atom is 0.0854 e. The van der Waals surface area contributed by atoms with Gasteiger partial charge in [-0.3, -0.25) is 5.10 Å². The van der Waals surface area contributed by atoms with E-state index in [0.717, 1.165) is 54.1 Å². The minimum absolute atomic E-state index is 0.791. The molecular weight excluding hydrogens is 450 g/mol. The first-order chi connectivity index (χ1) is 15.2. The molecule has 2 heterocycles. The molecule has 1 fully saturated rings. The van der Waals surface area contributed by atoms with Crippen LogP contribution in [0.25, 0.3) is 30.4 Å². The largest absolute Gasteiger partial charge is 0.378 e. The molecule has 5 heteroatoms. The number of H-pyrrole nitrogens is 1. The molecule has 1 saturated heterocycles. The first-order valence-electron chi connectivity index (χ1n) is 10.6. The van der Waals surface area contributed by atoms with Crippen molar-refractivity contribution in [2.24, 2.45) is 0 Å². The summed E-state index contributed by atoms with van der Waals surface area (Å²) in [6.07, 6.45) is 13.7. The summed E-state index contributed by atoms with van der Waals surface area (Å²) in [7, 11) is 0. The summed E-state index contributed by atoms with van der Waals surface area (Å²) >= 11 is 3.71. The molecule has 1 N–H and O–H groups in total. The van der Waals surface area contributed by atoms with E-state index in [1.807, 2.05) is 6.08 Å². The number of aromatic nitrogens is 2. The van der Waals surface area contributed by atoms with E-state index >= 15 is 0 Å². The average molecular weight is 474 g/mol. The third kappa shape index (κ3) is 4.73. The standard InChI is InChI=1S/C26H24BrN3O/c27-26-18-25(30-12-14-31-15-13-30)11-8-21(26)7-10-24-17-23(28-29-24)9-5-19-4-6-20-2-1-3-22(20)16-19/h1-2,4-11,16-18H,3,12-15H2,(H,28,29)/b9-5+,10-7+. The molecule has 0 spiro atoms. The SMILES string of the molecule is Brc1cc(N2CCOCC2)ccc1/C=C/c1cc(/C=C/c2ccc3c(c2)CC=C3)n[nH]1. The van der Waals surface area contributed by atoms with E-state index in [-0.39, 0.29) is 0 Å². The molecule has 0 saturated carbocycles. The van der Waals surface area contributed by atoms with E-state index in [1.165, 1.54) is 22.4 Å². The molecule has 1 aliphatic carbocycles. The van der Waals surface area contributed by atoms with Crippen molar-refractivity contribution in [3.63, 3.8) is 0 Å². The number of nitrogens with one attached hydrogen (secondary N) is 1. The number of nitrogens with zero attached hydrogens (tertiary/aromatic N) is 2. The molecule has 0 radical (unpaired) electrons. The molecule has 0 atom stereocenters. The van der Waals surface area contributed by atoms with Gasteiger partial charge in [0.25, 0.3) is 0 Å². The van der Waals surface area contributed by atoms with Crippen LogP contribution in [0, 0.1) is 0 Å². The van der Waals surface area contributed by atoms with E-state index in [9.17, 15) is 0 Å². The Morgan fingerprint density at radius 3 is 2.74 bits per heavy atom. The van der Waals surface area contributed by atoms with Crippen molar-refractivity contribution in [1.29, 1.82) is 0 Å². The van der Waals surface area contributed by atoms with Crippen molar-refractivity contribution in [3.8, 4) is 0 Å². The summed E-state index contributed by atoms with van der Waals surface area (Å²) in [6, 6.07) is 15.1. The zero-order chi connectivity index (χ0) is 21.0. The smallest absolute Gasteiger partial charge is 0.0854 e. The number of benzene rings is 2. The number of hydrogen-bond donors (Lipinski definition) is 1. The van der Waals surface area contributed by atoms with Crippen LogP contribution in [0.3, 0.4) is 0 Å². The first kappa shape index (κ1) is 20.0. The molecular formula is C26H24BrN3O. The normalized spacial score (nSPS) is 16.0. The molecule has 2 aliphatic rings. The van der Waals surface area contributed by atoms with Crippen LogP contribution in [0.4, 0.5) is 5.69 Å². The summed E-state index contributed by atoms with van der Waals surface area (Å²) in [5.74, 6) is 0. The second-order valence-corrected chi connectivity index (χ2v) is 8.64. The van der Waals surface area contributed by atoms with Crippen LogP contribution in [0.1, 0.15) is 33.6 Å². The van der Waals surface area contributed by atoms with Gasteiger partial charge in [-0.05, 0) is 59.0 Å². The minimum Gasteiger partial charge on any atom is -0.378 e.